The first-order valence-electron chi connectivity index (χ1n) is 4.33. The fraction of sp³-hybridized carbons (Fsp3) is 0.600. The van der Waals surface area contributed by atoms with E-state index in [4.69, 9.17) is 5.41 Å². The average molecular weight is 183 g/mol. The molecule has 0 aliphatic rings. The van der Waals surface area contributed by atoms with Gasteiger partial charge < -0.3 is 10.1 Å². The van der Waals surface area contributed by atoms with Gasteiger partial charge in [0.25, 0.3) is 0 Å². The number of ether oxygens (including phenoxy) is 1. The Labute approximate surface area is 79.3 Å². The minimum Gasteiger partial charge on any atom is -0.466 e. The zero-order valence-electron chi connectivity index (χ0n) is 8.73. The van der Waals surface area contributed by atoms with E-state index >= 15 is 0 Å². The second kappa shape index (κ2) is 5.51. The Kier molecular flexibility index (Phi) is 5.04. The molecule has 0 rings (SSSR count). The van der Waals surface area contributed by atoms with Crippen LogP contribution in [0.2, 0.25) is 0 Å². The molecule has 0 aromatic heterocycles. The maximum absolute atomic E-state index is 11.2. The topological polar surface area (TPSA) is 50.2 Å². The highest BCUT2D eigenvalue weighted by atomic mass is 16.5. The van der Waals surface area contributed by atoms with Crippen LogP contribution >= 0.6 is 0 Å². The summed E-state index contributed by atoms with van der Waals surface area (Å²) in [6, 6.07) is 0. The molecule has 0 aliphatic heterocycles. The third-order valence-electron chi connectivity index (χ3n) is 1.83. The lowest BCUT2D eigenvalue weighted by Crippen LogP contribution is -2.07. The summed E-state index contributed by atoms with van der Waals surface area (Å²) in [4.78, 5) is 11.2. The van der Waals surface area contributed by atoms with Gasteiger partial charge in [-0.25, -0.2) is 4.79 Å². The Morgan fingerprint density at radius 1 is 1.38 bits per heavy atom. The number of carbonyl (C=O) groups is 1. The first kappa shape index (κ1) is 11.9. The third-order valence-corrected chi connectivity index (χ3v) is 1.83. The molecule has 0 radical (unpaired) electrons. The van der Waals surface area contributed by atoms with Crippen molar-refractivity contribution in [1.82, 2.24) is 0 Å². The molecule has 0 atom stereocenters. The molecule has 0 amide bonds. The van der Waals surface area contributed by atoms with Gasteiger partial charge in [-0.2, -0.15) is 0 Å². The highest BCUT2D eigenvalue weighted by Gasteiger charge is 2.10. The lowest BCUT2D eigenvalue weighted by atomic mass is 10.0. The quantitative estimate of drug-likeness (QED) is 0.413. The predicted octanol–water partition coefficient (Wildman–Crippen LogP) is 2.32. The van der Waals surface area contributed by atoms with Crippen molar-refractivity contribution in [1.29, 1.82) is 5.41 Å². The van der Waals surface area contributed by atoms with E-state index < -0.39 is 0 Å². The SMILES string of the molecule is CC/C(C(=O)OC)=C(/C)CC(C)=N. The van der Waals surface area contributed by atoms with Crippen molar-refractivity contribution >= 4 is 11.7 Å². The number of carbonyl (C=O) groups excluding carboxylic acids is 1. The van der Waals surface area contributed by atoms with E-state index in [2.05, 4.69) is 4.74 Å². The summed E-state index contributed by atoms with van der Waals surface area (Å²) in [5.41, 5.74) is 2.18. The van der Waals surface area contributed by atoms with Crippen LogP contribution in [0.25, 0.3) is 0 Å². The highest BCUT2D eigenvalue weighted by Crippen LogP contribution is 2.13. The minimum absolute atomic E-state index is 0.277. The molecule has 0 spiro atoms. The number of allylic oxidation sites excluding steroid dienone is 1. The van der Waals surface area contributed by atoms with Crippen LogP contribution in [0.5, 0.6) is 0 Å². The van der Waals surface area contributed by atoms with Crippen molar-refractivity contribution in [3.05, 3.63) is 11.1 Å². The van der Waals surface area contributed by atoms with Gasteiger partial charge in [0.15, 0.2) is 0 Å². The molecule has 1 N–H and O–H groups in total. The van der Waals surface area contributed by atoms with E-state index in [1.807, 2.05) is 13.8 Å². The van der Waals surface area contributed by atoms with Gasteiger partial charge in [0.1, 0.15) is 0 Å². The smallest absolute Gasteiger partial charge is 0.333 e. The molecule has 0 unspecified atom stereocenters. The second-order valence-corrected chi connectivity index (χ2v) is 3.06. The first-order chi connectivity index (χ1) is 6.02. The van der Waals surface area contributed by atoms with Gasteiger partial charge in [0, 0.05) is 17.7 Å². The van der Waals surface area contributed by atoms with Gasteiger partial charge >= 0.3 is 5.97 Å². The number of esters is 1. The highest BCUT2D eigenvalue weighted by molar-refractivity contribution is 5.91. The molecule has 0 fully saturated rings. The zero-order valence-corrected chi connectivity index (χ0v) is 8.73. The van der Waals surface area contributed by atoms with Gasteiger partial charge in [-0.1, -0.05) is 12.5 Å². The Balaban J connectivity index is 4.68. The maximum Gasteiger partial charge on any atom is 0.333 e. The fourth-order valence-electron chi connectivity index (χ4n) is 1.25. The van der Waals surface area contributed by atoms with Crippen LogP contribution in [0.15, 0.2) is 11.1 Å². The molecule has 0 saturated carbocycles. The normalized spacial score (nSPS) is 12.0. The van der Waals surface area contributed by atoms with Crippen LogP contribution < -0.4 is 0 Å². The minimum atomic E-state index is -0.277. The zero-order chi connectivity index (χ0) is 10.4. The van der Waals surface area contributed by atoms with Gasteiger partial charge in [-0.15, -0.1) is 0 Å². The summed E-state index contributed by atoms with van der Waals surface area (Å²) in [5.74, 6) is -0.277. The van der Waals surface area contributed by atoms with E-state index in [-0.39, 0.29) is 5.97 Å². The Morgan fingerprint density at radius 2 is 1.92 bits per heavy atom. The maximum atomic E-state index is 11.2. The number of hydrogen-bond donors (Lipinski definition) is 1. The van der Waals surface area contributed by atoms with E-state index in [0.717, 1.165) is 5.57 Å². The number of methoxy groups -OCH3 is 1. The lowest BCUT2D eigenvalue weighted by Gasteiger charge is -2.07. The molecule has 0 aromatic carbocycles. The van der Waals surface area contributed by atoms with Gasteiger partial charge in [-0.3, -0.25) is 0 Å². The summed E-state index contributed by atoms with van der Waals surface area (Å²) in [5, 5.41) is 7.30. The summed E-state index contributed by atoms with van der Waals surface area (Å²) < 4.78 is 4.64. The standard InChI is InChI=1S/C10H17NO2/c1-5-9(10(12)13-4)7(2)6-8(3)11/h11H,5-6H2,1-4H3/b9-7+,11-8?. The number of hydrogen-bond acceptors (Lipinski definition) is 3. The van der Waals surface area contributed by atoms with Crippen molar-refractivity contribution in [3.8, 4) is 0 Å². The van der Waals surface area contributed by atoms with Crippen LogP contribution in [0.1, 0.15) is 33.6 Å². The largest absolute Gasteiger partial charge is 0.466 e. The molecule has 13 heavy (non-hydrogen) atoms. The van der Waals surface area contributed by atoms with Crippen LogP contribution in [-0.2, 0) is 9.53 Å². The van der Waals surface area contributed by atoms with Crippen LogP contribution in [0, 0.1) is 5.41 Å². The van der Waals surface area contributed by atoms with E-state index in [9.17, 15) is 4.79 Å². The molecule has 0 bridgehead atoms. The fourth-order valence-corrected chi connectivity index (χ4v) is 1.25. The number of rotatable bonds is 4. The summed E-state index contributed by atoms with van der Waals surface area (Å²) >= 11 is 0. The monoisotopic (exact) mass is 183 g/mol. The van der Waals surface area contributed by atoms with E-state index in [1.165, 1.54) is 7.11 Å². The van der Waals surface area contributed by atoms with Crippen LogP contribution in [-0.4, -0.2) is 18.8 Å². The van der Waals surface area contributed by atoms with E-state index in [1.54, 1.807) is 6.92 Å². The van der Waals surface area contributed by atoms with Gasteiger partial charge in [-0.05, 0) is 20.3 Å². The average Bonchev–Trinajstić information content (AvgIpc) is 2.03. The molecule has 0 saturated heterocycles. The molecule has 74 valence electrons. The van der Waals surface area contributed by atoms with Gasteiger partial charge in [0.05, 0.1) is 7.11 Å². The molecule has 0 aromatic rings. The molecule has 0 heterocycles. The van der Waals surface area contributed by atoms with Crippen molar-refractivity contribution in [2.45, 2.75) is 33.6 Å². The van der Waals surface area contributed by atoms with Crippen molar-refractivity contribution in [2.75, 3.05) is 7.11 Å². The Bertz CT molecular complexity index is 241. The van der Waals surface area contributed by atoms with Crippen LogP contribution in [0.4, 0.5) is 0 Å². The Morgan fingerprint density at radius 3 is 2.23 bits per heavy atom. The molecule has 3 heteroatoms. The number of nitrogens with one attached hydrogen (secondary N) is 1. The second-order valence-electron chi connectivity index (χ2n) is 3.06. The Hall–Kier alpha value is -1.12. The van der Waals surface area contributed by atoms with Gasteiger partial charge in [0.2, 0.25) is 0 Å². The summed E-state index contributed by atoms with van der Waals surface area (Å²) in [7, 11) is 1.38. The molecule has 3 nitrogen and oxygen atoms in total. The molecular formula is C10H17NO2. The van der Waals surface area contributed by atoms with Crippen molar-refractivity contribution in [3.63, 3.8) is 0 Å². The lowest BCUT2D eigenvalue weighted by molar-refractivity contribution is -0.136. The van der Waals surface area contributed by atoms with Crippen molar-refractivity contribution in [2.24, 2.45) is 0 Å². The predicted molar refractivity (Wildman–Crippen MR) is 53.0 cm³/mol. The van der Waals surface area contributed by atoms with Crippen LogP contribution in [0.3, 0.4) is 0 Å². The summed E-state index contributed by atoms with van der Waals surface area (Å²) in [6.45, 7) is 5.51. The molecule has 0 aliphatic carbocycles. The van der Waals surface area contributed by atoms with Crippen molar-refractivity contribution < 1.29 is 9.53 Å². The first-order valence-corrected chi connectivity index (χ1v) is 4.33. The third kappa shape index (κ3) is 3.87. The molecular weight excluding hydrogens is 166 g/mol. The summed E-state index contributed by atoms with van der Waals surface area (Å²) in [6.07, 6.45) is 1.21. The van der Waals surface area contributed by atoms with E-state index in [0.29, 0.717) is 24.1 Å².